The van der Waals surface area contributed by atoms with Crippen LogP contribution in [0.1, 0.15) is 24.2 Å². The fourth-order valence-electron chi connectivity index (χ4n) is 2.58. The van der Waals surface area contributed by atoms with Gasteiger partial charge in [0.05, 0.1) is 21.5 Å². The Bertz CT molecular complexity index is 1070. The average molecular weight is 367 g/mol. The topological polar surface area (TPSA) is 98.6 Å². The maximum Gasteiger partial charge on any atom is 0.258 e. The van der Waals surface area contributed by atoms with Gasteiger partial charge in [-0.2, -0.15) is 5.26 Å². The zero-order valence-electron chi connectivity index (χ0n) is 13.8. The highest BCUT2D eigenvalue weighted by Crippen LogP contribution is 2.20. The molecule has 0 fully saturated rings. The lowest BCUT2D eigenvalue weighted by molar-refractivity contribution is -0.116. The van der Waals surface area contributed by atoms with E-state index in [9.17, 15) is 9.59 Å². The highest BCUT2D eigenvalue weighted by atomic mass is 35.5. The first-order chi connectivity index (χ1) is 12.6. The number of rotatable bonds is 5. The van der Waals surface area contributed by atoms with E-state index in [4.69, 9.17) is 16.9 Å². The molecule has 1 heterocycles. The van der Waals surface area contributed by atoms with E-state index in [0.29, 0.717) is 45.8 Å². The van der Waals surface area contributed by atoms with Crippen LogP contribution in [-0.2, 0) is 11.2 Å². The second kappa shape index (κ2) is 7.81. The molecule has 130 valence electrons. The third-order valence-electron chi connectivity index (χ3n) is 3.85. The quantitative estimate of drug-likeness (QED) is 0.722. The third kappa shape index (κ3) is 4.08. The van der Waals surface area contributed by atoms with Gasteiger partial charge in [-0.05, 0) is 36.8 Å². The number of nitrogens with zero attached hydrogens (tertiary/aromatic N) is 2. The van der Waals surface area contributed by atoms with Crippen LogP contribution in [0, 0.1) is 11.3 Å². The Morgan fingerprint density at radius 1 is 1.27 bits per heavy atom. The van der Waals surface area contributed by atoms with Crippen LogP contribution in [0.4, 0.5) is 5.69 Å². The molecule has 0 spiro atoms. The van der Waals surface area contributed by atoms with Crippen LogP contribution in [-0.4, -0.2) is 15.9 Å². The number of aromatic amines is 1. The molecule has 1 aromatic heterocycles. The van der Waals surface area contributed by atoms with Gasteiger partial charge >= 0.3 is 0 Å². The van der Waals surface area contributed by atoms with E-state index in [1.165, 1.54) is 0 Å². The summed E-state index contributed by atoms with van der Waals surface area (Å²) in [6, 6.07) is 13.8. The normalized spacial score (nSPS) is 10.5. The Morgan fingerprint density at radius 2 is 2.08 bits per heavy atom. The van der Waals surface area contributed by atoms with E-state index >= 15 is 0 Å². The van der Waals surface area contributed by atoms with Crippen LogP contribution in [0.15, 0.2) is 47.3 Å². The van der Waals surface area contributed by atoms with Crippen LogP contribution < -0.4 is 10.9 Å². The predicted octanol–water partition coefficient (Wildman–Crippen LogP) is 3.41. The van der Waals surface area contributed by atoms with Crippen molar-refractivity contribution in [2.45, 2.75) is 19.3 Å². The highest BCUT2D eigenvalue weighted by Gasteiger charge is 2.07. The summed E-state index contributed by atoms with van der Waals surface area (Å²) < 4.78 is 0. The molecular weight excluding hydrogens is 352 g/mol. The number of halogens is 1. The first-order valence-electron chi connectivity index (χ1n) is 8.04. The molecule has 3 aromatic rings. The zero-order valence-corrected chi connectivity index (χ0v) is 14.5. The van der Waals surface area contributed by atoms with Crippen molar-refractivity contribution < 1.29 is 4.79 Å². The number of hydrogen-bond donors (Lipinski definition) is 2. The maximum absolute atomic E-state index is 12.0. The van der Waals surface area contributed by atoms with Gasteiger partial charge in [0.1, 0.15) is 11.9 Å². The molecule has 1 amide bonds. The van der Waals surface area contributed by atoms with E-state index in [1.54, 1.807) is 36.4 Å². The first-order valence-corrected chi connectivity index (χ1v) is 8.42. The van der Waals surface area contributed by atoms with Crippen LogP contribution in [0.5, 0.6) is 0 Å². The van der Waals surface area contributed by atoms with Crippen molar-refractivity contribution in [1.82, 2.24) is 9.97 Å². The molecule has 3 rings (SSSR count). The molecule has 0 aliphatic rings. The SMILES string of the molecule is N#Cc1ccc(NC(=O)CCCc2nc3ccccc3c(=O)[nH]2)cc1Cl. The average Bonchev–Trinajstić information content (AvgIpc) is 2.62. The molecule has 0 saturated heterocycles. The molecule has 26 heavy (non-hydrogen) atoms. The molecule has 0 bridgehead atoms. The fraction of sp³-hybridized carbons (Fsp3) is 0.158. The summed E-state index contributed by atoms with van der Waals surface area (Å²) in [6.07, 6.45) is 1.30. The molecule has 0 unspecified atom stereocenters. The molecule has 2 aromatic carbocycles. The summed E-state index contributed by atoms with van der Waals surface area (Å²) in [5, 5.41) is 12.4. The Balaban J connectivity index is 1.58. The zero-order chi connectivity index (χ0) is 18.5. The molecule has 6 nitrogen and oxygen atoms in total. The van der Waals surface area contributed by atoms with Gasteiger partial charge in [-0.1, -0.05) is 23.7 Å². The second-order valence-electron chi connectivity index (χ2n) is 5.74. The minimum atomic E-state index is -0.178. The molecule has 0 atom stereocenters. The van der Waals surface area contributed by atoms with Crippen molar-refractivity contribution in [2.75, 3.05) is 5.32 Å². The Labute approximate surface area is 154 Å². The fourth-order valence-corrected chi connectivity index (χ4v) is 2.80. The van der Waals surface area contributed by atoms with Crippen molar-refractivity contribution >= 4 is 34.1 Å². The maximum atomic E-state index is 12.0. The van der Waals surface area contributed by atoms with E-state index < -0.39 is 0 Å². The van der Waals surface area contributed by atoms with Crippen LogP contribution in [0.25, 0.3) is 10.9 Å². The number of H-pyrrole nitrogens is 1. The van der Waals surface area contributed by atoms with Gasteiger partial charge in [-0.3, -0.25) is 9.59 Å². The Hall–Kier alpha value is -3.17. The van der Waals surface area contributed by atoms with Crippen LogP contribution >= 0.6 is 11.6 Å². The molecule has 2 N–H and O–H groups in total. The summed E-state index contributed by atoms with van der Waals surface area (Å²) in [5.41, 5.74) is 1.36. The second-order valence-corrected chi connectivity index (χ2v) is 6.15. The monoisotopic (exact) mass is 366 g/mol. The van der Waals surface area contributed by atoms with Crippen molar-refractivity contribution in [2.24, 2.45) is 0 Å². The number of aryl methyl sites for hydroxylation is 1. The molecule has 0 aliphatic carbocycles. The van der Waals surface area contributed by atoms with Gasteiger partial charge in [0.15, 0.2) is 0 Å². The summed E-state index contributed by atoms with van der Waals surface area (Å²) in [5.74, 6) is 0.386. The van der Waals surface area contributed by atoms with E-state index in [2.05, 4.69) is 15.3 Å². The summed E-state index contributed by atoms with van der Waals surface area (Å²) in [6.45, 7) is 0. The molecule has 0 saturated carbocycles. The van der Waals surface area contributed by atoms with Gasteiger partial charge in [-0.15, -0.1) is 0 Å². The first kappa shape index (κ1) is 17.6. The van der Waals surface area contributed by atoms with E-state index in [0.717, 1.165) is 0 Å². The number of fused-ring (bicyclic) bond motifs is 1. The standard InChI is InChI=1S/C19H15ClN4O2/c20-15-10-13(9-8-12(15)11-21)22-18(25)7-3-6-17-23-16-5-2-1-4-14(16)19(26)24-17/h1-2,4-5,8-10H,3,6-7H2,(H,22,25)(H,23,24,26). The molecular formula is C19H15ClN4O2. The summed E-state index contributed by atoms with van der Waals surface area (Å²) in [4.78, 5) is 31.2. The number of nitrogens with one attached hydrogen (secondary N) is 2. The minimum absolute atomic E-state index is 0.172. The van der Waals surface area contributed by atoms with Crippen LogP contribution in [0.3, 0.4) is 0 Å². The van der Waals surface area contributed by atoms with Gasteiger partial charge in [0.2, 0.25) is 5.91 Å². The van der Waals surface area contributed by atoms with E-state index in [1.807, 2.05) is 12.1 Å². The number of para-hydroxylation sites is 1. The lowest BCUT2D eigenvalue weighted by Gasteiger charge is -2.06. The smallest absolute Gasteiger partial charge is 0.258 e. The van der Waals surface area contributed by atoms with Crippen molar-refractivity contribution in [3.05, 3.63) is 69.2 Å². The van der Waals surface area contributed by atoms with Crippen LogP contribution in [0.2, 0.25) is 5.02 Å². The number of carbonyl (C=O) groups excluding carboxylic acids is 1. The van der Waals surface area contributed by atoms with Crippen molar-refractivity contribution in [3.8, 4) is 6.07 Å². The Kier molecular flexibility index (Phi) is 5.30. The predicted molar refractivity (Wildman–Crippen MR) is 100 cm³/mol. The molecule has 0 radical (unpaired) electrons. The summed E-state index contributed by atoms with van der Waals surface area (Å²) >= 11 is 5.94. The van der Waals surface area contributed by atoms with Gasteiger partial charge in [-0.25, -0.2) is 4.98 Å². The largest absolute Gasteiger partial charge is 0.326 e. The number of hydrogen-bond acceptors (Lipinski definition) is 4. The highest BCUT2D eigenvalue weighted by molar-refractivity contribution is 6.32. The minimum Gasteiger partial charge on any atom is -0.326 e. The third-order valence-corrected chi connectivity index (χ3v) is 4.17. The number of benzene rings is 2. The lowest BCUT2D eigenvalue weighted by atomic mass is 10.2. The number of anilines is 1. The van der Waals surface area contributed by atoms with Crippen molar-refractivity contribution in [1.29, 1.82) is 5.26 Å². The number of aromatic nitrogens is 2. The van der Waals surface area contributed by atoms with Gasteiger partial charge in [0.25, 0.3) is 5.56 Å². The van der Waals surface area contributed by atoms with Crippen molar-refractivity contribution in [3.63, 3.8) is 0 Å². The van der Waals surface area contributed by atoms with Gasteiger partial charge < -0.3 is 10.3 Å². The van der Waals surface area contributed by atoms with E-state index in [-0.39, 0.29) is 17.9 Å². The molecule has 0 aliphatic heterocycles. The number of carbonyl (C=O) groups is 1. The molecule has 7 heteroatoms. The lowest BCUT2D eigenvalue weighted by Crippen LogP contribution is -2.14. The number of amides is 1. The van der Waals surface area contributed by atoms with Gasteiger partial charge in [0, 0.05) is 18.5 Å². The number of nitriles is 1. The Morgan fingerprint density at radius 3 is 2.85 bits per heavy atom. The summed E-state index contributed by atoms with van der Waals surface area (Å²) in [7, 11) is 0.